The lowest BCUT2D eigenvalue weighted by Gasteiger charge is -2.13. The Morgan fingerprint density at radius 2 is 1.86 bits per heavy atom. The first-order valence-corrected chi connectivity index (χ1v) is 3.78. The summed E-state index contributed by atoms with van der Waals surface area (Å²) in [4.78, 5) is 0. The highest BCUT2D eigenvalue weighted by Crippen LogP contribution is 2.33. The third-order valence-electron chi connectivity index (χ3n) is 1.74. The Labute approximate surface area is 78.8 Å². The van der Waals surface area contributed by atoms with Gasteiger partial charge in [0.15, 0.2) is 0 Å². The topological polar surface area (TPSA) is 49.8 Å². The molecule has 0 aliphatic heterocycles. The molecule has 1 rings (SSSR count). The molecule has 1 atom stereocenters. The van der Waals surface area contributed by atoms with Crippen LogP contribution in [-0.2, 0) is 6.18 Å². The normalized spacial score (nSPS) is 13.4. The Morgan fingerprint density at radius 3 is 2.36 bits per heavy atom. The third-order valence-corrected chi connectivity index (χ3v) is 1.74. The second kappa shape index (κ2) is 3.68. The number of hydrogen-bond donors (Lipinski definition) is 1. The number of halogens is 3. The molecule has 0 fully saturated rings. The maximum absolute atomic E-state index is 12.4. The van der Waals surface area contributed by atoms with E-state index in [1.807, 2.05) is 0 Å². The molecule has 0 saturated carbocycles. The summed E-state index contributed by atoms with van der Waals surface area (Å²) < 4.78 is 37.1. The largest absolute Gasteiger partial charge is 0.416 e. The number of nitrogens with two attached hydrogens (primary N) is 1. The van der Waals surface area contributed by atoms with Crippen LogP contribution in [0.25, 0.3) is 0 Å². The molecule has 0 bridgehead atoms. The van der Waals surface area contributed by atoms with Crippen LogP contribution in [-0.4, -0.2) is 0 Å². The first kappa shape index (κ1) is 10.5. The standard InChI is InChI=1S/C9H7F3N2/c10-9(11,12)7-4-2-1-3-6(7)8(14)5-13/h1-4,8H,14H2/t8-/m1/s1. The van der Waals surface area contributed by atoms with E-state index in [2.05, 4.69) is 0 Å². The highest BCUT2D eigenvalue weighted by Gasteiger charge is 2.34. The van der Waals surface area contributed by atoms with Crippen LogP contribution in [0.4, 0.5) is 13.2 Å². The van der Waals surface area contributed by atoms with E-state index >= 15 is 0 Å². The summed E-state index contributed by atoms with van der Waals surface area (Å²) in [6, 6.07) is 5.12. The molecular weight excluding hydrogens is 193 g/mol. The van der Waals surface area contributed by atoms with Crippen LogP contribution in [0.15, 0.2) is 24.3 Å². The molecule has 2 nitrogen and oxygen atoms in total. The molecule has 5 heteroatoms. The van der Waals surface area contributed by atoms with E-state index in [9.17, 15) is 13.2 Å². The van der Waals surface area contributed by atoms with Crippen molar-refractivity contribution in [2.45, 2.75) is 12.2 Å². The number of nitrogens with zero attached hydrogens (tertiary/aromatic N) is 1. The van der Waals surface area contributed by atoms with Gasteiger partial charge in [0.25, 0.3) is 0 Å². The number of benzene rings is 1. The lowest BCUT2D eigenvalue weighted by atomic mass is 10.0. The summed E-state index contributed by atoms with van der Waals surface area (Å²) in [6.07, 6.45) is -4.47. The summed E-state index contributed by atoms with van der Waals surface area (Å²) in [6.45, 7) is 0. The van der Waals surface area contributed by atoms with Crippen LogP contribution in [0.1, 0.15) is 17.2 Å². The molecule has 0 aliphatic rings. The van der Waals surface area contributed by atoms with Gasteiger partial charge in [-0.15, -0.1) is 0 Å². The van der Waals surface area contributed by atoms with Crippen LogP contribution in [0.3, 0.4) is 0 Å². The van der Waals surface area contributed by atoms with Gasteiger partial charge in [0, 0.05) is 0 Å². The smallest absolute Gasteiger partial charge is 0.312 e. The van der Waals surface area contributed by atoms with Crippen molar-refractivity contribution in [2.24, 2.45) is 5.73 Å². The van der Waals surface area contributed by atoms with Crippen molar-refractivity contribution in [2.75, 3.05) is 0 Å². The van der Waals surface area contributed by atoms with Crippen molar-refractivity contribution in [1.29, 1.82) is 5.26 Å². The van der Waals surface area contributed by atoms with Gasteiger partial charge in [0.05, 0.1) is 11.6 Å². The van der Waals surface area contributed by atoms with Crippen molar-refractivity contribution >= 4 is 0 Å². The monoisotopic (exact) mass is 200 g/mol. The minimum Gasteiger partial charge on any atom is -0.312 e. The average Bonchev–Trinajstić information content (AvgIpc) is 2.15. The molecule has 0 heterocycles. The third kappa shape index (κ3) is 2.03. The van der Waals surface area contributed by atoms with E-state index in [0.717, 1.165) is 6.07 Å². The Balaban J connectivity index is 3.25. The van der Waals surface area contributed by atoms with Crippen LogP contribution in [0.5, 0.6) is 0 Å². The zero-order valence-corrected chi connectivity index (χ0v) is 7.05. The molecule has 0 spiro atoms. The van der Waals surface area contributed by atoms with E-state index in [1.165, 1.54) is 18.2 Å². The number of nitriles is 1. The van der Waals surface area contributed by atoms with Gasteiger partial charge in [-0.1, -0.05) is 18.2 Å². The molecule has 74 valence electrons. The van der Waals surface area contributed by atoms with Crippen molar-refractivity contribution in [3.8, 4) is 6.07 Å². The summed E-state index contributed by atoms with van der Waals surface area (Å²) in [7, 11) is 0. The van der Waals surface area contributed by atoms with Crippen LogP contribution >= 0.6 is 0 Å². The summed E-state index contributed by atoms with van der Waals surface area (Å²) in [5.74, 6) is 0. The van der Waals surface area contributed by atoms with Crippen LogP contribution < -0.4 is 5.73 Å². The van der Waals surface area contributed by atoms with E-state index in [1.54, 1.807) is 6.07 Å². The molecule has 0 aliphatic carbocycles. The zero-order valence-electron chi connectivity index (χ0n) is 7.05. The van der Waals surface area contributed by atoms with Crippen LogP contribution in [0.2, 0.25) is 0 Å². The van der Waals surface area contributed by atoms with Gasteiger partial charge in [0.1, 0.15) is 6.04 Å². The predicted molar refractivity (Wildman–Crippen MR) is 44.0 cm³/mol. The maximum Gasteiger partial charge on any atom is 0.416 e. The molecule has 0 amide bonds. The quantitative estimate of drug-likeness (QED) is 0.755. The highest BCUT2D eigenvalue weighted by molar-refractivity contribution is 5.34. The minimum absolute atomic E-state index is 0.192. The van der Waals surface area contributed by atoms with E-state index in [-0.39, 0.29) is 5.56 Å². The van der Waals surface area contributed by atoms with Gasteiger partial charge in [-0.05, 0) is 11.6 Å². The molecule has 1 aromatic rings. The predicted octanol–water partition coefficient (Wildman–Crippen LogP) is 2.23. The summed E-state index contributed by atoms with van der Waals surface area (Å²) in [5, 5.41) is 8.44. The molecule has 0 unspecified atom stereocenters. The average molecular weight is 200 g/mol. The second-order valence-electron chi connectivity index (χ2n) is 2.69. The SMILES string of the molecule is N#C[C@@H](N)c1ccccc1C(F)(F)F. The van der Waals surface area contributed by atoms with Gasteiger partial charge in [-0.25, -0.2) is 0 Å². The fraction of sp³-hybridized carbons (Fsp3) is 0.222. The molecule has 1 aromatic carbocycles. The van der Waals surface area contributed by atoms with E-state index in [4.69, 9.17) is 11.0 Å². The number of hydrogen-bond acceptors (Lipinski definition) is 2. The molecule has 2 N–H and O–H groups in total. The minimum atomic E-state index is -4.47. The lowest BCUT2D eigenvalue weighted by molar-refractivity contribution is -0.138. The maximum atomic E-state index is 12.4. The van der Waals surface area contributed by atoms with Gasteiger partial charge >= 0.3 is 6.18 Å². The Kier molecular flexibility index (Phi) is 2.77. The zero-order chi connectivity index (χ0) is 10.8. The van der Waals surface area contributed by atoms with Crippen molar-refractivity contribution in [3.63, 3.8) is 0 Å². The van der Waals surface area contributed by atoms with Crippen molar-refractivity contribution < 1.29 is 13.2 Å². The lowest BCUT2D eigenvalue weighted by Crippen LogP contribution is -2.15. The molecule has 0 aromatic heterocycles. The van der Waals surface area contributed by atoms with Gasteiger partial charge in [-0.2, -0.15) is 18.4 Å². The fourth-order valence-corrected chi connectivity index (χ4v) is 1.10. The Morgan fingerprint density at radius 1 is 1.29 bits per heavy atom. The molecule has 0 saturated heterocycles. The van der Waals surface area contributed by atoms with Crippen molar-refractivity contribution in [1.82, 2.24) is 0 Å². The summed E-state index contributed by atoms with van der Waals surface area (Å²) >= 11 is 0. The fourth-order valence-electron chi connectivity index (χ4n) is 1.10. The van der Waals surface area contributed by atoms with Crippen LogP contribution in [0, 0.1) is 11.3 Å². The number of rotatable bonds is 1. The van der Waals surface area contributed by atoms with Gasteiger partial charge in [-0.3, -0.25) is 0 Å². The van der Waals surface area contributed by atoms with Gasteiger partial charge in [0.2, 0.25) is 0 Å². The van der Waals surface area contributed by atoms with Gasteiger partial charge < -0.3 is 5.73 Å². The first-order chi connectivity index (χ1) is 6.46. The Hall–Kier alpha value is -1.54. The highest BCUT2D eigenvalue weighted by atomic mass is 19.4. The van der Waals surface area contributed by atoms with Crippen molar-refractivity contribution in [3.05, 3.63) is 35.4 Å². The first-order valence-electron chi connectivity index (χ1n) is 3.78. The molecular formula is C9H7F3N2. The molecule has 14 heavy (non-hydrogen) atoms. The number of alkyl halides is 3. The molecule has 0 radical (unpaired) electrons. The van der Waals surface area contributed by atoms with E-state index < -0.39 is 17.8 Å². The second-order valence-corrected chi connectivity index (χ2v) is 2.69. The Bertz CT molecular complexity index is 365. The van der Waals surface area contributed by atoms with E-state index in [0.29, 0.717) is 0 Å². The summed E-state index contributed by atoms with van der Waals surface area (Å²) in [5.41, 5.74) is 4.19.